The highest BCUT2D eigenvalue weighted by molar-refractivity contribution is 6.13. The molecule has 6 heteroatoms. The Labute approximate surface area is 155 Å². The van der Waals surface area contributed by atoms with Gasteiger partial charge in [-0.1, -0.05) is 60.7 Å². The van der Waals surface area contributed by atoms with Gasteiger partial charge in [0.25, 0.3) is 5.91 Å². The molecule has 0 atom stereocenters. The molecule has 0 saturated heterocycles. The zero-order valence-corrected chi connectivity index (χ0v) is 14.2. The first-order chi connectivity index (χ1) is 13.3. The van der Waals surface area contributed by atoms with Crippen LogP contribution in [-0.4, -0.2) is 16.6 Å². The zero-order valence-electron chi connectivity index (χ0n) is 14.2. The van der Waals surface area contributed by atoms with Crippen molar-refractivity contribution in [3.63, 3.8) is 0 Å². The van der Waals surface area contributed by atoms with Crippen molar-refractivity contribution in [2.45, 2.75) is 0 Å². The van der Waals surface area contributed by atoms with Crippen LogP contribution in [0.1, 0.15) is 21.6 Å². The van der Waals surface area contributed by atoms with Crippen LogP contribution in [0.5, 0.6) is 0 Å². The summed E-state index contributed by atoms with van der Waals surface area (Å²) >= 11 is 0. The third-order valence-corrected chi connectivity index (χ3v) is 3.89. The number of hydrogen-bond acceptors (Lipinski definition) is 5. The molecule has 1 N–H and O–H groups in total. The van der Waals surface area contributed by atoms with Crippen LogP contribution >= 0.6 is 0 Å². The molecular formula is C21H15N3O3. The number of amides is 1. The molecule has 0 aliphatic carbocycles. The molecule has 0 saturated carbocycles. The number of hydrogen-bond donors (Lipinski definition) is 1. The van der Waals surface area contributed by atoms with Crippen molar-refractivity contribution in [2.24, 2.45) is 5.10 Å². The van der Waals surface area contributed by atoms with E-state index in [0.717, 1.165) is 11.1 Å². The molecule has 0 spiro atoms. The standard InChI is InChI=1S/C21H15N3O3/c25-21(19-20(27-14-22-19)17-12-7-13-26-17)24-23-18(15-8-3-1-4-9-15)16-10-5-2-6-11-16/h1-14H,(H,24,25). The summed E-state index contributed by atoms with van der Waals surface area (Å²) in [5.41, 5.74) is 5.09. The second-order valence-electron chi connectivity index (χ2n) is 5.64. The summed E-state index contributed by atoms with van der Waals surface area (Å²) in [5, 5.41) is 4.35. The Morgan fingerprint density at radius 1 is 0.852 bits per heavy atom. The number of nitrogens with one attached hydrogen (secondary N) is 1. The van der Waals surface area contributed by atoms with Crippen molar-refractivity contribution >= 4 is 11.6 Å². The Bertz CT molecular complexity index is 1010. The number of carbonyl (C=O) groups excluding carboxylic acids is 1. The Morgan fingerprint density at radius 2 is 1.52 bits per heavy atom. The molecule has 1 amide bonds. The summed E-state index contributed by atoms with van der Waals surface area (Å²) < 4.78 is 10.6. The average molecular weight is 357 g/mol. The van der Waals surface area contributed by atoms with E-state index in [1.54, 1.807) is 12.1 Å². The van der Waals surface area contributed by atoms with Crippen molar-refractivity contribution in [3.05, 3.63) is 102 Å². The van der Waals surface area contributed by atoms with Crippen LogP contribution in [-0.2, 0) is 0 Å². The molecule has 0 aliphatic rings. The molecule has 27 heavy (non-hydrogen) atoms. The van der Waals surface area contributed by atoms with Gasteiger partial charge in [-0.3, -0.25) is 4.79 Å². The van der Waals surface area contributed by atoms with Gasteiger partial charge in [0.15, 0.2) is 17.8 Å². The van der Waals surface area contributed by atoms with Gasteiger partial charge in [-0.25, -0.2) is 10.4 Å². The number of carbonyl (C=O) groups is 1. The summed E-state index contributed by atoms with van der Waals surface area (Å²) in [7, 11) is 0. The Balaban J connectivity index is 1.65. The number of hydrazone groups is 1. The molecule has 4 rings (SSSR count). The molecule has 0 unspecified atom stereocenters. The van der Waals surface area contributed by atoms with Crippen LogP contribution in [0.25, 0.3) is 11.5 Å². The number of aromatic nitrogens is 1. The number of oxazole rings is 1. The highest BCUT2D eigenvalue weighted by Gasteiger charge is 2.20. The van der Waals surface area contributed by atoms with E-state index >= 15 is 0 Å². The molecule has 2 aromatic heterocycles. The minimum atomic E-state index is -0.487. The first-order valence-electron chi connectivity index (χ1n) is 8.29. The van der Waals surface area contributed by atoms with Crippen molar-refractivity contribution in [3.8, 4) is 11.5 Å². The van der Waals surface area contributed by atoms with E-state index in [9.17, 15) is 4.79 Å². The van der Waals surface area contributed by atoms with E-state index in [0.29, 0.717) is 11.5 Å². The molecule has 0 bridgehead atoms. The molecule has 0 fully saturated rings. The van der Waals surface area contributed by atoms with Crippen molar-refractivity contribution < 1.29 is 13.6 Å². The molecule has 0 radical (unpaired) electrons. The normalized spacial score (nSPS) is 10.4. The molecular weight excluding hydrogens is 342 g/mol. The van der Waals surface area contributed by atoms with Crippen LogP contribution in [0, 0.1) is 0 Å². The lowest BCUT2D eigenvalue weighted by atomic mass is 10.0. The lowest BCUT2D eigenvalue weighted by Crippen LogP contribution is -2.21. The van der Waals surface area contributed by atoms with Crippen LogP contribution in [0.2, 0.25) is 0 Å². The highest BCUT2D eigenvalue weighted by Crippen LogP contribution is 2.23. The van der Waals surface area contributed by atoms with Gasteiger partial charge in [0, 0.05) is 11.1 Å². The monoisotopic (exact) mass is 357 g/mol. The van der Waals surface area contributed by atoms with Crippen molar-refractivity contribution in [2.75, 3.05) is 0 Å². The number of furan rings is 1. The van der Waals surface area contributed by atoms with Crippen molar-refractivity contribution in [1.82, 2.24) is 10.4 Å². The van der Waals surface area contributed by atoms with Gasteiger partial charge in [0.2, 0.25) is 5.76 Å². The first-order valence-corrected chi connectivity index (χ1v) is 8.29. The topological polar surface area (TPSA) is 80.6 Å². The lowest BCUT2D eigenvalue weighted by molar-refractivity contribution is 0.0950. The maximum atomic E-state index is 12.6. The van der Waals surface area contributed by atoms with Gasteiger partial charge in [-0.2, -0.15) is 5.10 Å². The Kier molecular flexibility index (Phi) is 4.61. The van der Waals surface area contributed by atoms with Gasteiger partial charge in [0.05, 0.1) is 12.0 Å². The maximum absolute atomic E-state index is 12.6. The van der Waals surface area contributed by atoms with E-state index in [2.05, 4.69) is 15.5 Å². The highest BCUT2D eigenvalue weighted by atomic mass is 16.4. The molecule has 0 aliphatic heterocycles. The first kappa shape index (κ1) is 16.5. The van der Waals surface area contributed by atoms with Gasteiger partial charge >= 0.3 is 0 Å². The SMILES string of the molecule is O=C(NN=C(c1ccccc1)c1ccccc1)c1ncoc1-c1ccco1. The van der Waals surface area contributed by atoms with Crippen molar-refractivity contribution in [1.29, 1.82) is 0 Å². The second kappa shape index (κ2) is 7.53. The minimum absolute atomic E-state index is 0.106. The van der Waals surface area contributed by atoms with E-state index in [-0.39, 0.29) is 11.5 Å². The summed E-state index contributed by atoms with van der Waals surface area (Å²) in [4.78, 5) is 16.6. The second-order valence-corrected chi connectivity index (χ2v) is 5.64. The number of nitrogens with zero attached hydrogens (tertiary/aromatic N) is 2. The third kappa shape index (κ3) is 3.55. The molecule has 2 aromatic carbocycles. The fraction of sp³-hybridized carbons (Fsp3) is 0. The predicted octanol–water partition coefficient (Wildman–Crippen LogP) is 4.12. The smallest absolute Gasteiger partial charge is 0.294 e. The van der Waals surface area contributed by atoms with Crippen LogP contribution in [0.4, 0.5) is 0 Å². The largest absolute Gasteiger partial charge is 0.461 e. The fourth-order valence-corrected chi connectivity index (χ4v) is 2.64. The maximum Gasteiger partial charge on any atom is 0.294 e. The van der Waals surface area contributed by atoms with E-state index < -0.39 is 5.91 Å². The lowest BCUT2D eigenvalue weighted by Gasteiger charge is -2.07. The summed E-state index contributed by atoms with van der Waals surface area (Å²) in [6.45, 7) is 0. The van der Waals surface area contributed by atoms with Gasteiger partial charge in [-0.05, 0) is 12.1 Å². The molecule has 132 valence electrons. The summed E-state index contributed by atoms with van der Waals surface area (Å²) in [6.07, 6.45) is 2.70. The average Bonchev–Trinajstić information content (AvgIpc) is 3.41. The third-order valence-electron chi connectivity index (χ3n) is 3.89. The van der Waals surface area contributed by atoms with E-state index in [1.165, 1.54) is 12.7 Å². The van der Waals surface area contributed by atoms with Gasteiger partial charge < -0.3 is 8.83 Å². The molecule has 2 heterocycles. The fourth-order valence-electron chi connectivity index (χ4n) is 2.64. The van der Waals surface area contributed by atoms with E-state index in [4.69, 9.17) is 8.83 Å². The summed E-state index contributed by atoms with van der Waals surface area (Å²) in [6, 6.07) is 22.7. The van der Waals surface area contributed by atoms with Crippen LogP contribution in [0.15, 0.2) is 99.4 Å². The summed E-state index contributed by atoms with van der Waals surface area (Å²) in [5.74, 6) is 0.196. The predicted molar refractivity (Wildman–Crippen MR) is 100 cm³/mol. The van der Waals surface area contributed by atoms with Crippen LogP contribution < -0.4 is 5.43 Å². The van der Waals surface area contributed by atoms with Crippen LogP contribution in [0.3, 0.4) is 0 Å². The number of rotatable bonds is 5. The Morgan fingerprint density at radius 3 is 2.11 bits per heavy atom. The zero-order chi connectivity index (χ0) is 18.5. The van der Waals surface area contributed by atoms with Gasteiger partial charge in [-0.15, -0.1) is 0 Å². The quantitative estimate of drug-likeness (QED) is 0.430. The number of benzene rings is 2. The molecule has 6 nitrogen and oxygen atoms in total. The van der Waals surface area contributed by atoms with Gasteiger partial charge in [0.1, 0.15) is 0 Å². The molecule has 4 aromatic rings. The Hall–Kier alpha value is -3.93. The van der Waals surface area contributed by atoms with E-state index in [1.807, 2.05) is 60.7 Å². The minimum Gasteiger partial charge on any atom is -0.461 e.